The molecular formula is C23H21BrCl2FNO2. The standard InChI is InChI=1S/C23H21BrCl2FNO2/c1-3-29-22-8-16(12-28-18-7-4-14(2)20(25)10-18)19(24)11-23(22)30-13-15-5-6-17(27)9-21(15)26/h4-11,28H,3,12-13H2,1-2H3. The fourth-order valence-corrected chi connectivity index (χ4v) is 3.65. The van der Waals surface area contributed by atoms with Gasteiger partial charge in [0, 0.05) is 27.3 Å². The maximum absolute atomic E-state index is 13.2. The molecule has 0 aliphatic heterocycles. The van der Waals surface area contributed by atoms with Gasteiger partial charge in [-0.05, 0) is 61.4 Å². The monoisotopic (exact) mass is 511 g/mol. The van der Waals surface area contributed by atoms with Crippen molar-refractivity contribution >= 4 is 44.8 Å². The number of ether oxygens (including phenoxy) is 2. The fraction of sp³-hybridized carbons (Fsp3) is 0.217. The lowest BCUT2D eigenvalue weighted by Gasteiger charge is -2.16. The Morgan fingerprint density at radius 1 is 0.933 bits per heavy atom. The van der Waals surface area contributed by atoms with Crippen molar-refractivity contribution in [1.82, 2.24) is 0 Å². The molecule has 30 heavy (non-hydrogen) atoms. The molecule has 0 heterocycles. The van der Waals surface area contributed by atoms with Crippen molar-refractivity contribution in [3.63, 3.8) is 0 Å². The molecule has 3 aromatic carbocycles. The van der Waals surface area contributed by atoms with Gasteiger partial charge in [-0.25, -0.2) is 4.39 Å². The minimum Gasteiger partial charge on any atom is -0.490 e. The summed E-state index contributed by atoms with van der Waals surface area (Å²) in [6.07, 6.45) is 0. The van der Waals surface area contributed by atoms with Crippen LogP contribution >= 0.6 is 39.1 Å². The lowest BCUT2D eigenvalue weighted by Crippen LogP contribution is -2.04. The van der Waals surface area contributed by atoms with Crippen LogP contribution in [0.15, 0.2) is 53.0 Å². The van der Waals surface area contributed by atoms with Crippen LogP contribution in [0.4, 0.5) is 10.1 Å². The zero-order chi connectivity index (χ0) is 21.7. The number of hydrogen-bond acceptors (Lipinski definition) is 3. The van der Waals surface area contributed by atoms with Crippen molar-refractivity contribution in [3.8, 4) is 11.5 Å². The molecule has 0 bridgehead atoms. The molecule has 1 N–H and O–H groups in total. The third kappa shape index (κ3) is 5.81. The molecule has 0 aliphatic carbocycles. The molecule has 0 fully saturated rings. The topological polar surface area (TPSA) is 30.5 Å². The number of benzene rings is 3. The van der Waals surface area contributed by atoms with Gasteiger partial charge in [0.15, 0.2) is 11.5 Å². The van der Waals surface area contributed by atoms with E-state index in [4.69, 9.17) is 32.7 Å². The van der Waals surface area contributed by atoms with Gasteiger partial charge in [0.05, 0.1) is 11.6 Å². The van der Waals surface area contributed by atoms with Crippen LogP contribution in [-0.4, -0.2) is 6.61 Å². The van der Waals surface area contributed by atoms with E-state index in [0.717, 1.165) is 26.3 Å². The molecule has 0 saturated carbocycles. The summed E-state index contributed by atoms with van der Waals surface area (Å²) in [7, 11) is 0. The van der Waals surface area contributed by atoms with Gasteiger partial charge in [-0.1, -0.05) is 51.3 Å². The number of halogens is 4. The smallest absolute Gasteiger partial charge is 0.162 e. The normalized spacial score (nSPS) is 10.7. The predicted octanol–water partition coefficient (Wildman–Crippen LogP) is 7.79. The SMILES string of the molecule is CCOc1cc(CNc2ccc(C)c(Cl)c2)c(Br)cc1OCc1ccc(F)cc1Cl. The number of hydrogen-bond donors (Lipinski definition) is 1. The Balaban J connectivity index is 1.76. The van der Waals surface area contributed by atoms with E-state index in [9.17, 15) is 4.39 Å². The molecule has 0 aliphatic rings. The summed E-state index contributed by atoms with van der Waals surface area (Å²) in [6.45, 7) is 5.15. The number of nitrogens with one attached hydrogen (secondary N) is 1. The van der Waals surface area contributed by atoms with Gasteiger partial charge < -0.3 is 14.8 Å². The summed E-state index contributed by atoms with van der Waals surface area (Å²) in [4.78, 5) is 0. The number of anilines is 1. The second-order valence-corrected chi connectivity index (χ2v) is 8.33. The highest BCUT2D eigenvalue weighted by molar-refractivity contribution is 9.10. The third-order valence-corrected chi connectivity index (χ3v) is 5.96. The van der Waals surface area contributed by atoms with Crippen molar-refractivity contribution in [2.75, 3.05) is 11.9 Å². The van der Waals surface area contributed by atoms with E-state index in [1.165, 1.54) is 12.1 Å². The molecular weight excluding hydrogens is 492 g/mol. The summed E-state index contributed by atoms with van der Waals surface area (Å²) in [5.74, 6) is 0.817. The zero-order valence-electron chi connectivity index (χ0n) is 16.6. The first-order valence-electron chi connectivity index (χ1n) is 9.39. The second-order valence-electron chi connectivity index (χ2n) is 6.67. The Morgan fingerprint density at radius 3 is 2.40 bits per heavy atom. The average molecular weight is 513 g/mol. The highest BCUT2D eigenvalue weighted by Gasteiger charge is 2.13. The Bertz CT molecular complexity index is 1050. The van der Waals surface area contributed by atoms with Crippen molar-refractivity contribution in [2.45, 2.75) is 27.0 Å². The maximum Gasteiger partial charge on any atom is 0.162 e. The fourth-order valence-electron chi connectivity index (χ4n) is 2.79. The Hall–Kier alpha value is -1.95. The summed E-state index contributed by atoms with van der Waals surface area (Å²) in [6, 6.07) is 13.9. The largest absolute Gasteiger partial charge is 0.490 e. The highest BCUT2D eigenvalue weighted by Crippen LogP contribution is 2.35. The number of rotatable bonds is 8. The van der Waals surface area contributed by atoms with Crippen LogP contribution in [0.5, 0.6) is 11.5 Å². The van der Waals surface area contributed by atoms with E-state index in [-0.39, 0.29) is 12.4 Å². The first-order valence-corrected chi connectivity index (χ1v) is 10.9. The van der Waals surface area contributed by atoms with E-state index in [1.54, 1.807) is 6.07 Å². The molecule has 3 rings (SSSR count). The van der Waals surface area contributed by atoms with Crippen LogP contribution < -0.4 is 14.8 Å². The molecule has 0 unspecified atom stereocenters. The minimum absolute atomic E-state index is 0.199. The van der Waals surface area contributed by atoms with E-state index in [1.807, 2.05) is 44.2 Å². The summed E-state index contributed by atoms with van der Waals surface area (Å²) < 4.78 is 25.8. The average Bonchev–Trinajstić information content (AvgIpc) is 2.70. The van der Waals surface area contributed by atoms with E-state index in [0.29, 0.717) is 35.2 Å². The van der Waals surface area contributed by atoms with Crippen LogP contribution in [0.25, 0.3) is 0 Å². The Kier molecular flexibility index (Phi) is 7.87. The van der Waals surface area contributed by atoms with Gasteiger partial charge in [-0.15, -0.1) is 0 Å². The summed E-state index contributed by atoms with van der Waals surface area (Å²) >= 11 is 15.9. The first-order chi connectivity index (χ1) is 14.4. The third-order valence-electron chi connectivity index (χ3n) is 4.47. The lowest BCUT2D eigenvalue weighted by molar-refractivity contribution is 0.269. The van der Waals surface area contributed by atoms with E-state index < -0.39 is 0 Å². The maximum atomic E-state index is 13.2. The predicted molar refractivity (Wildman–Crippen MR) is 125 cm³/mol. The molecule has 0 saturated heterocycles. The van der Waals surface area contributed by atoms with Crippen LogP contribution in [0.1, 0.15) is 23.6 Å². The van der Waals surface area contributed by atoms with Crippen LogP contribution in [0.2, 0.25) is 10.0 Å². The van der Waals surface area contributed by atoms with E-state index >= 15 is 0 Å². The zero-order valence-corrected chi connectivity index (χ0v) is 19.7. The van der Waals surface area contributed by atoms with Gasteiger partial charge in [0.25, 0.3) is 0 Å². The van der Waals surface area contributed by atoms with Gasteiger partial charge >= 0.3 is 0 Å². The number of aryl methyl sites for hydroxylation is 1. The lowest BCUT2D eigenvalue weighted by atomic mass is 10.1. The first kappa shape index (κ1) is 22.7. The molecule has 0 spiro atoms. The van der Waals surface area contributed by atoms with Crippen molar-refractivity contribution in [3.05, 3.63) is 85.6 Å². The summed E-state index contributed by atoms with van der Waals surface area (Å²) in [5.41, 5.74) is 3.66. The van der Waals surface area contributed by atoms with E-state index in [2.05, 4.69) is 21.2 Å². The minimum atomic E-state index is -0.381. The molecule has 0 aromatic heterocycles. The van der Waals surface area contributed by atoms with Gasteiger partial charge in [0.2, 0.25) is 0 Å². The second kappa shape index (κ2) is 10.4. The van der Waals surface area contributed by atoms with Gasteiger partial charge in [-0.3, -0.25) is 0 Å². The van der Waals surface area contributed by atoms with Crippen LogP contribution in [0.3, 0.4) is 0 Å². The van der Waals surface area contributed by atoms with Crippen LogP contribution in [-0.2, 0) is 13.2 Å². The molecule has 3 aromatic rings. The molecule has 158 valence electrons. The highest BCUT2D eigenvalue weighted by atomic mass is 79.9. The molecule has 7 heteroatoms. The van der Waals surface area contributed by atoms with Crippen molar-refractivity contribution < 1.29 is 13.9 Å². The molecule has 0 atom stereocenters. The molecule has 3 nitrogen and oxygen atoms in total. The van der Waals surface area contributed by atoms with Gasteiger partial charge in [0.1, 0.15) is 12.4 Å². The van der Waals surface area contributed by atoms with Crippen molar-refractivity contribution in [2.24, 2.45) is 0 Å². The molecule has 0 radical (unpaired) electrons. The van der Waals surface area contributed by atoms with Gasteiger partial charge in [-0.2, -0.15) is 0 Å². The quantitative estimate of drug-likeness (QED) is 0.334. The Morgan fingerprint density at radius 2 is 1.70 bits per heavy atom. The van der Waals surface area contributed by atoms with Crippen LogP contribution in [0, 0.1) is 12.7 Å². The molecule has 0 amide bonds. The summed E-state index contributed by atoms with van der Waals surface area (Å²) in [5, 5.41) is 4.41. The Labute approximate surface area is 194 Å². The van der Waals surface area contributed by atoms with Crippen molar-refractivity contribution in [1.29, 1.82) is 0 Å².